The maximum absolute atomic E-state index is 11.3. The van der Waals surface area contributed by atoms with E-state index in [1.165, 1.54) is 19.8 Å². The van der Waals surface area contributed by atoms with E-state index >= 15 is 0 Å². The van der Waals surface area contributed by atoms with E-state index in [-0.39, 0.29) is 5.78 Å². The van der Waals surface area contributed by atoms with Crippen LogP contribution in [0.4, 0.5) is 5.95 Å². The molecule has 0 spiro atoms. The van der Waals surface area contributed by atoms with Crippen LogP contribution in [-0.2, 0) is 4.74 Å². The number of unbranched alkanes of at least 4 members (excludes halogenated alkanes) is 1. The standard InChI is InChI=1S/C15H23N3O2/c1-11-14(12(2)19)10-17-15(18-11)16-8-4-3-6-13-7-5-9-20-13/h10,13H,3-9H2,1-2H3,(H,16,17,18). The van der Waals surface area contributed by atoms with Crippen molar-refractivity contribution in [2.45, 2.75) is 52.1 Å². The lowest BCUT2D eigenvalue weighted by atomic mass is 10.1. The van der Waals surface area contributed by atoms with Crippen LogP contribution in [0.25, 0.3) is 0 Å². The van der Waals surface area contributed by atoms with Crippen LogP contribution in [0.5, 0.6) is 0 Å². The lowest BCUT2D eigenvalue weighted by molar-refractivity contribution is 0.101. The van der Waals surface area contributed by atoms with Gasteiger partial charge < -0.3 is 10.1 Å². The van der Waals surface area contributed by atoms with Crippen molar-refractivity contribution in [1.82, 2.24) is 9.97 Å². The third-order valence-corrected chi connectivity index (χ3v) is 3.62. The highest BCUT2D eigenvalue weighted by Gasteiger charge is 2.14. The van der Waals surface area contributed by atoms with Crippen LogP contribution >= 0.6 is 0 Å². The quantitative estimate of drug-likeness (QED) is 0.613. The molecule has 1 unspecified atom stereocenters. The predicted molar refractivity (Wildman–Crippen MR) is 78.1 cm³/mol. The number of ether oxygens (including phenoxy) is 1. The Morgan fingerprint density at radius 3 is 3.00 bits per heavy atom. The second-order valence-corrected chi connectivity index (χ2v) is 5.31. The van der Waals surface area contributed by atoms with E-state index in [2.05, 4.69) is 15.3 Å². The van der Waals surface area contributed by atoms with Crippen LogP contribution in [0.3, 0.4) is 0 Å². The molecule has 110 valence electrons. The fourth-order valence-corrected chi connectivity index (χ4v) is 2.47. The number of rotatable bonds is 7. The molecule has 2 heterocycles. The smallest absolute Gasteiger partial charge is 0.222 e. The first-order valence-corrected chi connectivity index (χ1v) is 7.37. The van der Waals surface area contributed by atoms with Crippen LogP contribution in [0.15, 0.2) is 6.20 Å². The highest BCUT2D eigenvalue weighted by molar-refractivity contribution is 5.94. The molecule has 0 radical (unpaired) electrons. The Kier molecular flexibility index (Phi) is 5.47. The molecule has 5 nitrogen and oxygen atoms in total. The third-order valence-electron chi connectivity index (χ3n) is 3.62. The molecular formula is C15H23N3O2. The number of aryl methyl sites for hydroxylation is 1. The number of anilines is 1. The second-order valence-electron chi connectivity index (χ2n) is 5.31. The molecule has 1 aromatic heterocycles. The van der Waals surface area contributed by atoms with E-state index < -0.39 is 0 Å². The Hall–Kier alpha value is -1.49. The van der Waals surface area contributed by atoms with Gasteiger partial charge in [-0.2, -0.15) is 0 Å². The molecule has 1 aliphatic heterocycles. The average Bonchev–Trinajstić information content (AvgIpc) is 2.91. The van der Waals surface area contributed by atoms with Crippen LogP contribution in [0.2, 0.25) is 0 Å². The summed E-state index contributed by atoms with van der Waals surface area (Å²) in [7, 11) is 0. The minimum absolute atomic E-state index is 0.00520. The molecule has 5 heteroatoms. The zero-order valence-electron chi connectivity index (χ0n) is 12.3. The van der Waals surface area contributed by atoms with Crippen molar-refractivity contribution >= 4 is 11.7 Å². The van der Waals surface area contributed by atoms with Gasteiger partial charge in [0.1, 0.15) is 0 Å². The summed E-state index contributed by atoms with van der Waals surface area (Å²) in [5.74, 6) is 0.607. The zero-order chi connectivity index (χ0) is 14.4. The van der Waals surface area contributed by atoms with Gasteiger partial charge in [-0.15, -0.1) is 0 Å². The molecule has 1 atom stereocenters. The van der Waals surface area contributed by atoms with Crippen LogP contribution in [0.1, 0.15) is 55.1 Å². The van der Waals surface area contributed by atoms with E-state index in [0.29, 0.717) is 17.6 Å². The largest absolute Gasteiger partial charge is 0.378 e. The van der Waals surface area contributed by atoms with Crippen molar-refractivity contribution in [1.29, 1.82) is 0 Å². The normalized spacial score (nSPS) is 18.2. The van der Waals surface area contributed by atoms with E-state index in [1.54, 1.807) is 6.20 Å². The summed E-state index contributed by atoms with van der Waals surface area (Å²) in [5, 5.41) is 3.20. The number of aromatic nitrogens is 2. The number of ketones is 1. The molecule has 0 amide bonds. The first kappa shape index (κ1) is 14.9. The fourth-order valence-electron chi connectivity index (χ4n) is 2.47. The van der Waals surface area contributed by atoms with E-state index in [9.17, 15) is 4.79 Å². The summed E-state index contributed by atoms with van der Waals surface area (Å²) in [4.78, 5) is 19.8. The van der Waals surface area contributed by atoms with Gasteiger partial charge >= 0.3 is 0 Å². The molecule has 2 rings (SSSR count). The molecule has 20 heavy (non-hydrogen) atoms. The van der Waals surface area contributed by atoms with Gasteiger partial charge in [-0.25, -0.2) is 9.97 Å². The summed E-state index contributed by atoms with van der Waals surface area (Å²) in [6.45, 7) is 5.15. The summed E-state index contributed by atoms with van der Waals surface area (Å²) in [5.41, 5.74) is 1.32. The number of hydrogen-bond acceptors (Lipinski definition) is 5. The Morgan fingerprint density at radius 1 is 1.50 bits per heavy atom. The number of carbonyl (C=O) groups is 1. The van der Waals surface area contributed by atoms with Gasteiger partial charge in [-0.3, -0.25) is 4.79 Å². The van der Waals surface area contributed by atoms with Gasteiger partial charge in [0.05, 0.1) is 17.4 Å². The van der Waals surface area contributed by atoms with Gasteiger partial charge in [-0.05, 0) is 46.0 Å². The topological polar surface area (TPSA) is 64.1 Å². The van der Waals surface area contributed by atoms with Gasteiger partial charge in [0.15, 0.2) is 5.78 Å². The number of Topliss-reactive ketones (excluding diaryl/α,β-unsaturated/α-hetero) is 1. The molecule has 1 aromatic rings. The lowest BCUT2D eigenvalue weighted by Crippen LogP contribution is -2.10. The molecular weight excluding hydrogens is 254 g/mol. The number of hydrogen-bond donors (Lipinski definition) is 1. The maximum atomic E-state index is 11.3. The monoisotopic (exact) mass is 277 g/mol. The van der Waals surface area contributed by atoms with Crippen molar-refractivity contribution in [3.63, 3.8) is 0 Å². The third kappa shape index (κ3) is 4.27. The molecule has 1 fully saturated rings. The summed E-state index contributed by atoms with van der Waals surface area (Å²) >= 11 is 0. The molecule has 1 aliphatic rings. The maximum Gasteiger partial charge on any atom is 0.222 e. The molecule has 0 saturated carbocycles. The van der Waals surface area contributed by atoms with Crippen molar-refractivity contribution in [2.75, 3.05) is 18.5 Å². The molecule has 1 N–H and O–H groups in total. The van der Waals surface area contributed by atoms with Crippen LogP contribution < -0.4 is 5.32 Å². The molecule has 0 bridgehead atoms. The first-order chi connectivity index (χ1) is 9.66. The Morgan fingerprint density at radius 2 is 2.35 bits per heavy atom. The molecule has 0 aliphatic carbocycles. The van der Waals surface area contributed by atoms with Crippen molar-refractivity contribution in [3.8, 4) is 0 Å². The average molecular weight is 277 g/mol. The Bertz CT molecular complexity index is 456. The van der Waals surface area contributed by atoms with Gasteiger partial charge in [0, 0.05) is 19.3 Å². The van der Waals surface area contributed by atoms with Crippen LogP contribution in [0, 0.1) is 6.92 Å². The second kappa shape index (κ2) is 7.33. The van der Waals surface area contributed by atoms with Gasteiger partial charge in [0.25, 0.3) is 0 Å². The highest BCUT2D eigenvalue weighted by Crippen LogP contribution is 2.17. The fraction of sp³-hybridized carbons (Fsp3) is 0.667. The van der Waals surface area contributed by atoms with E-state index in [0.717, 1.165) is 38.1 Å². The Labute approximate surface area is 120 Å². The number of nitrogens with zero attached hydrogens (tertiary/aromatic N) is 2. The lowest BCUT2D eigenvalue weighted by Gasteiger charge is -2.09. The summed E-state index contributed by atoms with van der Waals surface area (Å²) in [6.07, 6.45) is 7.87. The van der Waals surface area contributed by atoms with Crippen molar-refractivity contribution in [2.24, 2.45) is 0 Å². The summed E-state index contributed by atoms with van der Waals surface area (Å²) in [6, 6.07) is 0. The first-order valence-electron chi connectivity index (χ1n) is 7.37. The van der Waals surface area contributed by atoms with Crippen molar-refractivity contribution < 1.29 is 9.53 Å². The minimum atomic E-state index is 0.00520. The van der Waals surface area contributed by atoms with Crippen LogP contribution in [-0.4, -0.2) is 35.0 Å². The van der Waals surface area contributed by atoms with E-state index in [4.69, 9.17) is 4.74 Å². The molecule has 1 saturated heterocycles. The van der Waals surface area contributed by atoms with Gasteiger partial charge in [-0.1, -0.05) is 0 Å². The summed E-state index contributed by atoms with van der Waals surface area (Å²) < 4.78 is 5.59. The molecule has 0 aromatic carbocycles. The SMILES string of the molecule is CC(=O)c1cnc(NCCCCC2CCCO2)nc1C. The highest BCUT2D eigenvalue weighted by atomic mass is 16.5. The Balaban J connectivity index is 1.68. The minimum Gasteiger partial charge on any atom is -0.378 e. The zero-order valence-corrected chi connectivity index (χ0v) is 12.3. The van der Waals surface area contributed by atoms with Gasteiger partial charge in [0.2, 0.25) is 5.95 Å². The predicted octanol–water partition coefficient (Wildman–Crippen LogP) is 2.75. The van der Waals surface area contributed by atoms with Crippen molar-refractivity contribution in [3.05, 3.63) is 17.5 Å². The number of carbonyl (C=O) groups excluding carboxylic acids is 1. The van der Waals surface area contributed by atoms with E-state index in [1.807, 2.05) is 6.92 Å². The number of nitrogens with one attached hydrogen (secondary N) is 1.